The second-order valence-corrected chi connectivity index (χ2v) is 5.91. The lowest BCUT2D eigenvalue weighted by atomic mass is 10.0. The molecule has 122 valence electrons. The molecule has 0 unspecified atom stereocenters. The van der Waals surface area contributed by atoms with Crippen LogP contribution in [-0.4, -0.2) is 42.5 Å². The first-order valence-electron chi connectivity index (χ1n) is 7.24. The molecule has 0 aliphatic carbocycles. The topological polar surface area (TPSA) is 69.6 Å². The molecule has 0 heterocycles. The standard InChI is InChI=1S/C17H19ClN2O3/c1-10(16(22)19-2)9-20(3)17(23)13-8-14(18)11-6-4-5-7-12(11)15(13)21/h4-8,10,21H,9H2,1-3H3,(H,19,22)/t10-/m0/s1. The number of rotatable bonds is 4. The number of halogens is 1. The minimum Gasteiger partial charge on any atom is -0.506 e. The number of nitrogens with zero attached hydrogens (tertiary/aromatic N) is 1. The van der Waals surface area contributed by atoms with Crippen LogP contribution in [0.2, 0.25) is 5.02 Å². The SMILES string of the molecule is CNC(=O)[C@@H](C)CN(C)C(=O)c1cc(Cl)c2ccccc2c1O. The molecule has 23 heavy (non-hydrogen) atoms. The van der Waals surface area contributed by atoms with E-state index in [9.17, 15) is 14.7 Å². The van der Waals surface area contributed by atoms with Crippen molar-refractivity contribution in [3.05, 3.63) is 40.9 Å². The molecule has 2 aromatic carbocycles. The molecule has 0 aromatic heterocycles. The lowest BCUT2D eigenvalue weighted by Gasteiger charge is -2.21. The number of amides is 2. The number of nitrogens with one attached hydrogen (secondary N) is 1. The Morgan fingerprint density at radius 1 is 1.30 bits per heavy atom. The zero-order valence-corrected chi connectivity index (χ0v) is 14.0. The lowest BCUT2D eigenvalue weighted by molar-refractivity contribution is -0.124. The summed E-state index contributed by atoms with van der Waals surface area (Å²) in [6, 6.07) is 8.53. The molecular weight excluding hydrogens is 316 g/mol. The lowest BCUT2D eigenvalue weighted by Crippen LogP contribution is -2.37. The number of benzene rings is 2. The largest absolute Gasteiger partial charge is 0.506 e. The van der Waals surface area contributed by atoms with E-state index in [-0.39, 0.29) is 35.6 Å². The molecule has 2 rings (SSSR count). The van der Waals surface area contributed by atoms with E-state index in [1.54, 1.807) is 39.2 Å². The van der Waals surface area contributed by atoms with E-state index < -0.39 is 0 Å². The van der Waals surface area contributed by atoms with E-state index in [0.29, 0.717) is 15.8 Å². The molecule has 0 bridgehead atoms. The first-order valence-corrected chi connectivity index (χ1v) is 7.61. The summed E-state index contributed by atoms with van der Waals surface area (Å²) in [7, 11) is 3.14. The van der Waals surface area contributed by atoms with Gasteiger partial charge in [0.1, 0.15) is 5.75 Å². The van der Waals surface area contributed by atoms with Gasteiger partial charge in [0.25, 0.3) is 5.91 Å². The van der Waals surface area contributed by atoms with Gasteiger partial charge in [-0.2, -0.15) is 0 Å². The van der Waals surface area contributed by atoms with Crippen LogP contribution in [0.15, 0.2) is 30.3 Å². The normalized spacial score (nSPS) is 12.0. The smallest absolute Gasteiger partial charge is 0.257 e. The Balaban J connectivity index is 2.34. The fourth-order valence-electron chi connectivity index (χ4n) is 2.51. The van der Waals surface area contributed by atoms with Crippen molar-refractivity contribution >= 4 is 34.2 Å². The molecule has 0 radical (unpaired) electrons. The van der Waals surface area contributed by atoms with Crippen molar-refractivity contribution < 1.29 is 14.7 Å². The van der Waals surface area contributed by atoms with Gasteiger partial charge >= 0.3 is 0 Å². The van der Waals surface area contributed by atoms with Gasteiger partial charge in [-0.15, -0.1) is 0 Å². The molecule has 1 atom stereocenters. The van der Waals surface area contributed by atoms with Gasteiger partial charge in [0.05, 0.1) is 11.5 Å². The summed E-state index contributed by atoms with van der Waals surface area (Å²) in [5, 5.41) is 14.6. The van der Waals surface area contributed by atoms with Gasteiger partial charge in [0.15, 0.2) is 0 Å². The summed E-state index contributed by atoms with van der Waals surface area (Å²) in [5.41, 5.74) is 0.125. The number of hydrogen-bond acceptors (Lipinski definition) is 3. The van der Waals surface area contributed by atoms with E-state index in [4.69, 9.17) is 11.6 Å². The fraction of sp³-hybridized carbons (Fsp3) is 0.294. The molecule has 0 aliphatic heterocycles. The van der Waals surface area contributed by atoms with Crippen LogP contribution in [0.4, 0.5) is 0 Å². The summed E-state index contributed by atoms with van der Waals surface area (Å²) in [4.78, 5) is 25.6. The highest BCUT2D eigenvalue weighted by Gasteiger charge is 2.22. The van der Waals surface area contributed by atoms with Gasteiger partial charge in [0, 0.05) is 36.4 Å². The highest BCUT2D eigenvalue weighted by Crippen LogP contribution is 2.34. The van der Waals surface area contributed by atoms with Crippen LogP contribution in [0.25, 0.3) is 10.8 Å². The Morgan fingerprint density at radius 2 is 1.91 bits per heavy atom. The quantitative estimate of drug-likeness (QED) is 0.903. The van der Waals surface area contributed by atoms with E-state index >= 15 is 0 Å². The summed E-state index contributed by atoms with van der Waals surface area (Å²) in [6.45, 7) is 1.97. The molecular formula is C17H19ClN2O3. The fourth-order valence-corrected chi connectivity index (χ4v) is 2.78. The number of carbonyl (C=O) groups excluding carboxylic acids is 2. The maximum atomic E-state index is 12.6. The zero-order valence-electron chi connectivity index (χ0n) is 13.3. The third-order valence-corrected chi connectivity index (χ3v) is 4.10. The monoisotopic (exact) mass is 334 g/mol. The summed E-state index contributed by atoms with van der Waals surface area (Å²) in [6.07, 6.45) is 0. The first-order chi connectivity index (χ1) is 10.9. The van der Waals surface area contributed by atoms with Crippen LogP contribution in [0.5, 0.6) is 5.75 Å². The molecule has 0 saturated heterocycles. The van der Waals surface area contributed by atoms with Gasteiger partial charge in [-0.25, -0.2) is 0 Å². The highest BCUT2D eigenvalue weighted by atomic mass is 35.5. The Bertz CT molecular complexity index is 761. The van der Waals surface area contributed by atoms with Crippen LogP contribution < -0.4 is 5.32 Å². The molecule has 2 amide bonds. The summed E-state index contributed by atoms with van der Waals surface area (Å²) in [5.74, 6) is -0.988. The molecule has 5 nitrogen and oxygen atoms in total. The van der Waals surface area contributed by atoms with Crippen molar-refractivity contribution in [1.82, 2.24) is 10.2 Å². The maximum absolute atomic E-state index is 12.6. The molecule has 2 N–H and O–H groups in total. The number of fused-ring (bicyclic) bond motifs is 1. The molecule has 2 aromatic rings. The number of aromatic hydroxyl groups is 1. The Morgan fingerprint density at radius 3 is 2.52 bits per heavy atom. The molecule has 6 heteroatoms. The molecule has 0 aliphatic rings. The summed E-state index contributed by atoms with van der Waals surface area (Å²) >= 11 is 6.22. The molecule has 0 saturated carbocycles. The zero-order chi connectivity index (χ0) is 17.1. The highest BCUT2D eigenvalue weighted by molar-refractivity contribution is 6.36. The van der Waals surface area contributed by atoms with Crippen molar-refractivity contribution in [2.45, 2.75) is 6.92 Å². The van der Waals surface area contributed by atoms with Crippen molar-refractivity contribution in [2.24, 2.45) is 5.92 Å². The van der Waals surface area contributed by atoms with E-state index in [0.717, 1.165) is 0 Å². The van der Waals surface area contributed by atoms with Gasteiger partial charge < -0.3 is 15.3 Å². The van der Waals surface area contributed by atoms with Crippen LogP contribution in [0.1, 0.15) is 17.3 Å². The van der Waals surface area contributed by atoms with Crippen LogP contribution in [0.3, 0.4) is 0 Å². The Hall–Kier alpha value is -2.27. The molecule has 0 fully saturated rings. The maximum Gasteiger partial charge on any atom is 0.257 e. The molecule has 0 spiro atoms. The van der Waals surface area contributed by atoms with Crippen LogP contribution in [-0.2, 0) is 4.79 Å². The Kier molecular flexibility index (Phi) is 5.11. The van der Waals surface area contributed by atoms with Gasteiger partial charge in [-0.1, -0.05) is 42.8 Å². The Labute approximate surface area is 139 Å². The third kappa shape index (κ3) is 3.40. The minimum atomic E-state index is -0.383. The number of carbonyl (C=O) groups is 2. The van der Waals surface area contributed by atoms with Crippen LogP contribution >= 0.6 is 11.6 Å². The second kappa shape index (κ2) is 6.87. The predicted molar refractivity (Wildman–Crippen MR) is 90.8 cm³/mol. The van der Waals surface area contributed by atoms with Crippen molar-refractivity contribution in [3.8, 4) is 5.75 Å². The number of hydrogen-bond donors (Lipinski definition) is 2. The van der Waals surface area contributed by atoms with Gasteiger partial charge in [-0.3, -0.25) is 9.59 Å². The average Bonchev–Trinajstić information content (AvgIpc) is 2.56. The van der Waals surface area contributed by atoms with Gasteiger partial charge in [-0.05, 0) is 6.07 Å². The first kappa shape index (κ1) is 17.1. The number of phenolic OH excluding ortho intramolecular Hbond substituents is 1. The van der Waals surface area contributed by atoms with E-state index in [2.05, 4.69) is 5.32 Å². The summed E-state index contributed by atoms with van der Waals surface area (Å²) < 4.78 is 0. The average molecular weight is 335 g/mol. The predicted octanol–water partition coefficient (Wildman–Crippen LogP) is 2.65. The van der Waals surface area contributed by atoms with E-state index in [1.807, 2.05) is 6.07 Å². The third-order valence-electron chi connectivity index (χ3n) is 3.78. The van der Waals surface area contributed by atoms with Crippen LogP contribution in [0, 0.1) is 5.92 Å². The van der Waals surface area contributed by atoms with Gasteiger partial charge in [0.2, 0.25) is 5.91 Å². The minimum absolute atomic E-state index is 0.102. The van der Waals surface area contributed by atoms with Crippen molar-refractivity contribution in [1.29, 1.82) is 0 Å². The second-order valence-electron chi connectivity index (χ2n) is 5.50. The van der Waals surface area contributed by atoms with Crippen molar-refractivity contribution in [3.63, 3.8) is 0 Å². The van der Waals surface area contributed by atoms with E-state index in [1.165, 1.54) is 11.0 Å². The van der Waals surface area contributed by atoms with Crippen molar-refractivity contribution in [2.75, 3.05) is 20.6 Å². The number of phenols is 1.